The average Bonchev–Trinajstić information content (AvgIpc) is 2.77. The summed E-state index contributed by atoms with van der Waals surface area (Å²) in [7, 11) is 0. The van der Waals surface area contributed by atoms with Gasteiger partial charge in [0.1, 0.15) is 0 Å². The van der Waals surface area contributed by atoms with Crippen LogP contribution in [-0.2, 0) is 4.79 Å². The second-order valence-electron chi connectivity index (χ2n) is 4.65. The van der Waals surface area contributed by atoms with Crippen LogP contribution < -0.4 is 10.6 Å². The first kappa shape index (κ1) is 13.4. The van der Waals surface area contributed by atoms with Gasteiger partial charge < -0.3 is 10.6 Å². The Bertz CT molecular complexity index is 521. The number of carbonyl (C=O) groups excluding carboxylic acids is 1. The standard InChI is InChI=1S/C12H14FN3O3/c1-7-5-14-6-9(7)12(17)15-11-3-2-8(16(18)19)4-10(11)13/h2-4,7,9,14H,5-6H2,1H3,(H,15,17). The van der Waals surface area contributed by atoms with Crippen LogP contribution in [0.4, 0.5) is 15.8 Å². The SMILES string of the molecule is CC1CNCC1C(=O)Nc1ccc([N+](=O)[O-])cc1F. The number of anilines is 1. The number of rotatable bonds is 3. The highest BCUT2D eigenvalue weighted by molar-refractivity contribution is 5.93. The molecule has 1 aliphatic rings. The zero-order chi connectivity index (χ0) is 14.0. The molecule has 1 saturated heterocycles. The summed E-state index contributed by atoms with van der Waals surface area (Å²) in [4.78, 5) is 21.7. The molecule has 0 saturated carbocycles. The van der Waals surface area contributed by atoms with Crippen LogP contribution in [0.1, 0.15) is 6.92 Å². The molecule has 0 aliphatic carbocycles. The van der Waals surface area contributed by atoms with Gasteiger partial charge in [-0.15, -0.1) is 0 Å². The van der Waals surface area contributed by atoms with E-state index in [0.29, 0.717) is 6.54 Å². The Morgan fingerprint density at radius 2 is 2.26 bits per heavy atom. The number of carbonyl (C=O) groups is 1. The van der Waals surface area contributed by atoms with Crippen LogP contribution >= 0.6 is 0 Å². The molecule has 1 fully saturated rings. The number of hydrogen-bond donors (Lipinski definition) is 2. The Morgan fingerprint density at radius 3 is 2.79 bits per heavy atom. The van der Waals surface area contributed by atoms with E-state index in [9.17, 15) is 19.3 Å². The molecule has 102 valence electrons. The monoisotopic (exact) mass is 267 g/mol. The summed E-state index contributed by atoms with van der Waals surface area (Å²) >= 11 is 0. The van der Waals surface area contributed by atoms with Gasteiger partial charge in [-0.1, -0.05) is 6.92 Å². The lowest BCUT2D eigenvalue weighted by Crippen LogP contribution is -2.28. The fourth-order valence-corrected chi connectivity index (χ4v) is 2.11. The van der Waals surface area contributed by atoms with Gasteiger partial charge in [-0.2, -0.15) is 0 Å². The maximum atomic E-state index is 13.6. The summed E-state index contributed by atoms with van der Waals surface area (Å²) in [5.74, 6) is -1.11. The van der Waals surface area contributed by atoms with Crippen molar-refractivity contribution >= 4 is 17.3 Å². The van der Waals surface area contributed by atoms with E-state index < -0.39 is 10.7 Å². The van der Waals surface area contributed by atoms with Gasteiger partial charge in [0.05, 0.1) is 22.6 Å². The van der Waals surface area contributed by atoms with Gasteiger partial charge in [-0.05, 0) is 18.5 Å². The summed E-state index contributed by atoms with van der Waals surface area (Å²) in [5.41, 5.74) is -0.374. The number of hydrogen-bond acceptors (Lipinski definition) is 4. The minimum atomic E-state index is -0.804. The number of nitrogens with one attached hydrogen (secondary N) is 2. The van der Waals surface area contributed by atoms with Crippen molar-refractivity contribution in [2.75, 3.05) is 18.4 Å². The Morgan fingerprint density at radius 1 is 1.53 bits per heavy atom. The van der Waals surface area contributed by atoms with Crippen molar-refractivity contribution in [3.05, 3.63) is 34.1 Å². The van der Waals surface area contributed by atoms with Gasteiger partial charge in [-0.25, -0.2) is 4.39 Å². The molecule has 2 rings (SSSR count). The van der Waals surface area contributed by atoms with Crippen LogP contribution in [0.15, 0.2) is 18.2 Å². The topological polar surface area (TPSA) is 84.3 Å². The van der Waals surface area contributed by atoms with Crippen LogP contribution in [0.25, 0.3) is 0 Å². The first-order valence-electron chi connectivity index (χ1n) is 5.94. The van der Waals surface area contributed by atoms with Crippen LogP contribution in [0, 0.1) is 27.8 Å². The Hall–Kier alpha value is -2.02. The maximum Gasteiger partial charge on any atom is 0.272 e. The molecule has 1 amide bonds. The maximum absolute atomic E-state index is 13.6. The van der Waals surface area contributed by atoms with Gasteiger partial charge in [0.2, 0.25) is 5.91 Å². The van der Waals surface area contributed by atoms with Crippen molar-refractivity contribution in [1.82, 2.24) is 5.32 Å². The van der Waals surface area contributed by atoms with Crippen molar-refractivity contribution in [1.29, 1.82) is 0 Å². The lowest BCUT2D eigenvalue weighted by Gasteiger charge is -2.14. The lowest BCUT2D eigenvalue weighted by atomic mass is 9.97. The van der Waals surface area contributed by atoms with Crippen molar-refractivity contribution in [3.8, 4) is 0 Å². The number of benzene rings is 1. The molecule has 0 spiro atoms. The minimum absolute atomic E-state index is 0.0327. The molecule has 2 atom stereocenters. The third-order valence-corrected chi connectivity index (χ3v) is 3.28. The zero-order valence-electron chi connectivity index (χ0n) is 10.4. The van der Waals surface area contributed by atoms with Gasteiger partial charge in [-0.3, -0.25) is 14.9 Å². The number of nitro benzene ring substituents is 1. The van der Waals surface area contributed by atoms with E-state index in [1.165, 1.54) is 6.07 Å². The molecule has 0 radical (unpaired) electrons. The summed E-state index contributed by atoms with van der Waals surface area (Å²) < 4.78 is 13.6. The Labute approximate surface area is 109 Å². The third kappa shape index (κ3) is 2.87. The molecule has 7 heteroatoms. The Kier molecular flexibility index (Phi) is 3.75. The summed E-state index contributed by atoms with van der Waals surface area (Å²) in [6.07, 6.45) is 0. The molecule has 2 N–H and O–H groups in total. The highest BCUT2D eigenvalue weighted by atomic mass is 19.1. The van der Waals surface area contributed by atoms with E-state index in [1.54, 1.807) is 0 Å². The fourth-order valence-electron chi connectivity index (χ4n) is 2.11. The largest absolute Gasteiger partial charge is 0.323 e. The van der Waals surface area contributed by atoms with Crippen LogP contribution in [0.3, 0.4) is 0 Å². The predicted octanol–water partition coefficient (Wildman–Crippen LogP) is 1.53. The van der Waals surface area contributed by atoms with E-state index in [4.69, 9.17) is 0 Å². The van der Waals surface area contributed by atoms with Crippen LogP contribution in [0.2, 0.25) is 0 Å². The molecule has 1 heterocycles. The van der Waals surface area contributed by atoms with Crippen molar-refractivity contribution in [2.45, 2.75) is 6.92 Å². The molecule has 0 bridgehead atoms. The van der Waals surface area contributed by atoms with Crippen LogP contribution in [0.5, 0.6) is 0 Å². The van der Waals surface area contributed by atoms with Gasteiger partial charge in [0, 0.05) is 12.6 Å². The van der Waals surface area contributed by atoms with E-state index in [2.05, 4.69) is 10.6 Å². The molecular formula is C12H14FN3O3. The molecule has 2 unspecified atom stereocenters. The quantitative estimate of drug-likeness (QED) is 0.642. The van der Waals surface area contributed by atoms with Gasteiger partial charge in [0.15, 0.2) is 5.82 Å². The molecule has 0 aromatic heterocycles. The first-order valence-corrected chi connectivity index (χ1v) is 5.94. The molecule has 1 aromatic carbocycles. The predicted molar refractivity (Wildman–Crippen MR) is 67.2 cm³/mol. The summed E-state index contributed by atoms with van der Waals surface area (Å²) in [6, 6.07) is 3.17. The van der Waals surface area contributed by atoms with Gasteiger partial charge >= 0.3 is 0 Å². The van der Waals surface area contributed by atoms with E-state index in [1.807, 2.05) is 6.92 Å². The van der Waals surface area contributed by atoms with Gasteiger partial charge in [0.25, 0.3) is 5.69 Å². The number of amides is 1. The number of nitrogens with zero attached hydrogens (tertiary/aromatic N) is 1. The molecular weight excluding hydrogens is 253 g/mol. The molecule has 19 heavy (non-hydrogen) atoms. The summed E-state index contributed by atoms with van der Waals surface area (Å²) in [5, 5.41) is 16.0. The van der Waals surface area contributed by atoms with Crippen molar-refractivity contribution < 1.29 is 14.1 Å². The Balaban J connectivity index is 2.11. The van der Waals surface area contributed by atoms with E-state index in [-0.39, 0.29) is 29.1 Å². The van der Waals surface area contributed by atoms with Crippen molar-refractivity contribution in [3.63, 3.8) is 0 Å². The average molecular weight is 267 g/mol. The second-order valence-corrected chi connectivity index (χ2v) is 4.65. The lowest BCUT2D eigenvalue weighted by molar-refractivity contribution is -0.385. The van der Waals surface area contributed by atoms with Crippen molar-refractivity contribution in [2.24, 2.45) is 11.8 Å². The number of nitro groups is 1. The third-order valence-electron chi connectivity index (χ3n) is 3.28. The smallest absolute Gasteiger partial charge is 0.272 e. The fraction of sp³-hybridized carbons (Fsp3) is 0.417. The molecule has 6 nitrogen and oxygen atoms in total. The summed E-state index contributed by atoms with van der Waals surface area (Å²) in [6.45, 7) is 3.25. The van der Waals surface area contributed by atoms with E-state index in [0.717, 1.165) is 18.7 Å². The highest BCUT2D eigenvalue weighted by Gasteiger charge is 2.30. The van der Waals surface area contributed by atoms with Crippen LogP contribution in [-0.4, -0.2) is 23.9 Å². The van der Waals surface area contributed by atoms with E-state index >= 15 is 0 Å². The second kappa shape index (κ2) is 5.31. The number of halogens is 1. The zero-order valence-corrected chi connectivity index (χ0v) is 10.4. The molecule has 1 aromatic rings. The minimum Gasteiger partial charge on any atom is -0.323 e. The highest BCUT2D eigenvalue weighted by Crippen LogP contribution is 2.23. The normalized spacial score (nSPS) is 22.2. The first-order chi connectivity index (χ1) is 8.99. The number of non-ortho nitro benzene ring substituents is 1. The molecule has 1 aliphatic heterocycles.